The molecule has 0 radical (unpaired) electrons. The van der Waals surface area contributed by atoms with Crippen LogP contribution in [0.15, 0.2) is 11.4 Å². The molecule has 6 heteroatoms. The van der Waals surface area contributed by atoms with Crippen LogP contribution in [0.2, 0.25) is 0 Å². The number of hydrogen-bond acceptors (Lipinski definition) is 6. The molecule has 0 atom stereocenters. The van der Waals surface area contributed by atoms with Crippen molar-refractivity contribution >= 4 is 33.3 Å². The van der Waals surface area contributed by atoms with Crippen LogP contribution < -0.4 is 16.2 Å². The molecule has 0 aromatic carbocycles. The first-order valence-electron chi connectivity index (χ1n) is 7.67. The fourth-order valence-electron chi connectivity index (χ4n) is 3.14. The van der Waals surface area contributed by atoms with Gasteiger partial charge >= 0.3 is 0 Å². The third-order valence-electron chi connectivity index (χ3n) is 4.03. The summed E-state index contributed by atoms with van der Waals surface area (Å²) in [7, 11) is 0. The van der Waals surface area contributed by atoms with E-state index < -0.39 is 0 Å². The average molecular weight is 305 g/mol. The molecule has 0 saturated heterocycles. The van der Waals surface area contributed by atoms with Crippen LogP contribution in [0.3, 0.4) is 0 Å². The number of hydrazine groups is 1. The monoisotopic (exact) mass is 305 g/mol. The van der Waals surface area contributed by atoms with Gasteiger partial charge in [0.2, 0.25) is 5.95 Å². The Morgan fingerprint density at radius 2 is 2.14 bits per heavy atom. The van der Waals surface area contributed by atoms with Gasteiger partial charge in [0, 0.05) is 12.6 Å². The minimum Gasteiger partial charge on any atom is -0.353 e. The quantitative estimate of drug-likeness (QED) is 0.655. The van der Waals surface area contributed by atoms with Crippen molar-refractivity contribution in [2.24, 2.45) is 11.8 Å². The molecule has 3 rings (SSSR count). The number of aromatic nitrogens is 2. The first-order valence-corrected chi connectivity index (χ1v) is 8.55. The Morgan fingerprint density at radius 1 is 1.38 bits per heavy atom. The molecule has 0 amide bonds. The number of nitrogens with one attached hydrogen (secondary N) is 1. The lowest BCUT2D eigenvalue weighted by Crippen LogP contribution is -2.37. The second kappa shape index (κ2) is 6.15. The van der Waals surface area contributed by atoms with E-state index >= 15 is 0 Å². The standard InChI is InChI=1S/C15H23N5S/c1-10(2)9-20(11-5-3-4-6-11)13-12-7-8-21-14(12)18-15(17-13)19-16/h7-8,10-11H,3-6,9,16H2,1-2H3,(H,17,18,19). The summed E-state index contributed by atoms with van der Waals surface area (Å²) in [5, 5.41) is 3.22. The molecule has 5 nitrogen and oxygen atoms in total. The zero-order valence-electron chi connectivity index (χ0n) is 12.7. The summed E-state index contributed by atoms with van der Waals surface area (Å²) < 4.78 is 0. The van der Waals surface area contributed by atoms with Crippen LogP contribution in [0.5, 0.6) is 0 Å². The summed E-state index contributed by atoms with van der Waals surface area (Å²) in [6.45, 7) is 5.54. The molecule has 1 saturated carbocycles. The Balaban J connectivity index is 2.06. The highest BCUT2D eigenvalue weighted by Gasteiger charge is 2.26. The van der Waals surface area contributed by atoms with E-state index in [0.717, 1.165) is 22.6 Å². The minimum atomic E-state index is 0.506. The summed E-state index contributed by atoms with van der Waals surface area (Å²) in [6, 6.07) is 2.72. The zero-order chi connectivity index (χ0) is 14.8. The molecule has 21 heavy (non-hydrogen) atoms. The molecule has 3 N–H and O–H groups in total. The van der Waals surface area contributed by atoms with Crippen molar-refractivity contribution in [3.05, 3.63) is 11.4 Å². The number of nitrogens with two attached hydrogens (primary N) is 1. The van der Waals surface area contributed by atoms with E-state index in [0.29, 0.717) is 17.9 Å². The summed E-state index contributed by atoms with van der Waals surface area (Å²) in [6.07, 6.45) is 5.15. The largest absolute Gasteiger partial charge is 0.353 e. The SMILES string of the molecule is CC(C)CN(c1nc(NN)nc2sccc12)C1CCCC1. The first-order chi connectivity index (χ1) is 10.2. The molecular formula is C15H23N5S. The molecule has 2 aromatic rings. The van der Waals surface area contributed by atoms with Crippen molar-refractivity contribution in [1.82, 2.24) is 9.97 Å². The highest BCUT2D eigenvalue weighted by molar-refractivity contribution is 7.16. The highest BCUT2D eigenvalue weighted by Crippen LogP contribution is 2.34. The van der Waals surface area contributed by atoms with Gasteiger partial charge < -0.3 is 4.90 Å². The minimum absolute atomic E-state index is 0.506. The molecule has 0 bridgehead atoms. The number of thiophene rings is 1. The summed E-state index contributed by atoms with van der Waals surface area (Å²) in [4.78, 5) is 12.6. The molecule has 1 aliphatic carbocycles. The van der Waals surface area contributed by atoms with E-state index in [4.69, 9.17) is 5.84 Å². The van der Waals surface area contributed by atoms with Crippen LogP contribution >= 0.6 is 11.3 Å². The van der Waals surface area contributed by atoms with Crippen molar-refractivity contribution in [2.75, 3.05) is 16.9 Å². The maximum Gasteiger partial charge on any atom is 0.240 e. The molecule has 0 spiro atoms. The van der Waals surface area contributed by atoms with Crippen molar-refractivity contribution in [2.45, 2.75) is 45.6 Å². The number of hydrogen-bond donors (Lipinski definition) is 2. The number of rotatable bonds is 5. The molecule has 1 fully saturated rings. The Kier molecular flexibility index (Phi) is 4.26. The van der Waals surface area contributed by atoms with Gasteiger partial charge in [-0.05, 0) is 30.2 Å². The van der Waals surface area contributed by atoms with Crippen molar-refractivity contribution in [3.63, 3.8) is 0 Å². The predicted molar refractivity (Wildman–Crippen MR) is 89.7 cm³/mol. The molecule has 0 unspecified atom stereocenters. The van der Waals surface area contributed by atoms with Crippen LogP contribution in [0.25, 0.3) is 10.2 Å². The molecule has 0 aliphatic heterocycles. The van der Waals surface area contributed by atoms with E-state index in [-0.39, 0.29) is 0 Å². The van der Waals surface area contributed by atoms with Gasteiger partial charge in [-0.15, -0.1) is 11.3 Å². The van der Waals surface area contributed by atoms with Crippen molar-refractivity contribution < 1.29 is 0 Å². The van der Waals surface area contributed by atoms with E-state index in [1.54, 1.807) is 11.3 Å². The first kappa shape index (κ1) is 14.5. The Labute approximate surface area is 129 Å². The van der Waals surface area contributed by atoms with Gasteiger partial charge in [-0.2, -0.15) is 4.98 Å². The molecular weight excluding hydrogens is 282 g/mol. The smallest absolute Gasteiger partial charge is 0.240 e. The maximum atomic E-state index is 5.54. The van der Waals surface area contributed by atoms with Gasteiger partial charge in [-0.25, -0.2) is 10.8 Å². The zero-order valence-corrected chi connectivity index (χ0v) is 13.5. The summed E-state index contributed by atoms with van der Waals surface area (Å²) in [5.41, 5.74) is 2.61. The van der Waals surface area contributed by atoms with Crippen molar-refractivity contribution in [3.8, 4) is 0 Å². The van der Waals surface area contributed by atoms with Gasteiger partial charge in [-0.1, -0.05) is 26.7 Å². The van der Waals surface area contributed by atoms with E-state index in [1.165, 1.54) is 25.7 Å². The van der Waals surface area contributed by atoms with Gasteiger partial charge in [0.05, 0.1) is 5.39 Å². The fourth-order valence-corrected chi connectivity index (χ4v) is 3.90. The van der Waals surface area contributed by atoms with Gasteiger partial charge in [0.15, 0.2) is 0 Å². The van der Waals surface area contributed by atoms with Gasteiger partial charge in [0.1, 0.15) is 10.6 Å². The third kappa shape index (κ3) is 2.96. The van der Waals surface area contributed by atoms with E-state index in [9.17, 15) is 0 Å². The second-order valence-electron chi connectivity index (χ2n) is 6.14. The highest BCUT2D eigenvalue weighted by atomic mass is 32.1. The predicted octanol–water partition coefficient (Wildman–Crippen LogP) is 3.38. The fraction of sp³-hybridized carbons (Fsp3) is 0.600. The lowest BCUT2D eigenvalue weighted by Gasteiger charge is -2.32. The Morgan fingerprint density at radius 3 is 2.81 bits per heavy atom. The van der Waals surface area contributed by atoms with Gasteiger partial charge in [-0.3, -0.25) is 5.43 Å². The lowest BCUT2D eigenvalue weighted by atomic mass is 10.1. The van der Waals surface area contributed by atoms with E-state index in [2.05, 4.69) is 45.6 Å². The molecule has 2 aromatic heterocycles. The van der Waals surface area contributed by atoms with Crippen LogP contribution in [0.4, 0.5) is 11.8 Å². The summed E-state index contributed by atoms with van der Waals surface area (Å²) >= 11 is 1.64. The molecule has 2 heterocycles. The van der Waals surface area contributed by atoms with Crippen LogP contribution in [-0.4, -0.2) is 22.6 Å². The number of fused-ring (bicyclic) bond motifs is 1. The topological polar surface area (TPSA) is 67.1 Å². The Hall–Kier alpha value is -1.40. The average Bonchev–Trinajstić information content (AvgIpc) is 3.14. The Bertz CT molecular complexity index is 603. The van der Waals surface area contributed by atoms with E-state index in [1.807, 2.05) is 0 Å². The molecule has 114 valence electrons. The number of nitrogen functional groups attached to an aromatic ring is 1. The number of anilines is 2. The molecule has 1 aliphatic rings. The van der Waals surface area contributed by atoms with Gasteiger partial charge in [0.25, 0.3) is 0 Å². The second-order valence-corrected chi connectivity index (χ2v) is 7.03. The lowest BCUT2D eigenvalue weighted by molar-refractivity contribution is 0.532. The van der Waals surface area contributed by atoms with Crippen molar-refractivity contribution in [1.29, 1.82) is 0 Å². The normalized spacial score (nSPS) is 16.0. The van der Waals surface area contributed by atoms with Crippen LogP contribution in [-0.2, 0) is 0 Å². The third-order valence-corrected chi connectivity index (χ3v) is 4.84. The maximum absolute atomic E-state index is 5.54. The van der Waals surface area contributed by atoms with Crippen LogP contribution in [0.1, 0.15) is 39.5 Å². The van der Waals surface area contributed by atoms with Crippen LogP contribution in [0, 0.1) is 5.92 Å². The summed E-state index contributed by atoms with van der Waals surface area (Å²) in [5.74, 6) is 7.69. The number of nitrogens with zero attached hydrogens (tertiary/aromatic N) is 3.